The molecule has 1 atom stereocenters. The molecule has 2 aromatic heterocycles. The molecule has 9 nitrogen and oxygen atoms in total. The number of aromatic nitrogens is 4. The second-order valence-corrected chi connectivity index (χ2v) is 12.9. The lowest BCUT2D eigenvalue weighted by molar-refractivity contribution is 0.101. The summed E-state index contributed by atoms with van der Waals surface area (Å²) in [6.45, 7) is 11.9. The summed E-state index contributed by atoms with van der Waals surface area (Å²) in [5.41, 5.74) is 5.36. The molecule has 0 saturated heterocycles. The molecule has 10 heteroatoms. The minimum Gasteiger partial charge on any atom is -0.476 e. The quantitative estimate of drug-likeness (QED) is 0.305. The number of sulfonamides is 1. The standard InChI is InChI=1S/C32H38N6O3S/c1-6-29-33-14-13-25(34-29)19-38-18-24-11-8-12-27(16-24)42(39,40)37-32-35-28(31-22(4)9-7-10-23(31)5)17-30(36-32)41-20-26(38)15-21(2)3/h7-14,16-17,21,26H,6,15,18-20H2,1-5H3,(H,35,36,37)/t26-/m1/s1. The number of aryl methyl sites for hydroxylation is 3. The molecule has 0 unspecified atom stereocenters. The Bertz CT molecular complexity index is 1650. The van der Waals surface area contributed by atoms with Crippen molar-refractivity contribution in [3.63, 3.8) is 0 Å². The largest absolute Gasteiger partial charge is 0.476 e. The molecule has 0 fully saturated rings. The number of hydrogen-bond acceptors (Lipinski definition) is 8. The van der Waals surface area contributed by atoms with Crippen molar-refractivity contribution < 1.29 is 13.2 Å². The Balaban J connectivity index is 1.62. The van der Waals surface area contributed by atoms with Crippen LogP contribution in [-0.4, -0.2) is 45.9 Å². The van der Waals surface area contributed by atoms with Gasteiger partial charge in [-0.2, -0.15) is 4.98 Å². The van der Waals surface area contributed by atoms with Crippen LogP contribution in [0.1, 0.15) is 55.4 Å². The molecule has 0 saturated carbocycles. The van der Waals surface area contributed by atoms with E-state index in [1.807, 2.05) is 51.1 Å². The number of fused-ring (bicyclic) bond motifs is 4. The van der Waals surface area contributed by atoms with E-state index in [-0.39, 0.29) is 16.9 Å². The van der Waals surface area contributed by atoms with Gasteiger partial charge in [-0.1, -0.05) is 51.1 Å². The molecule has 0 amide bonds. The lowest BCUT2D eigenvalue weighted by Crippen LogP contribution is -2.40. The number of benzene rings is 2. The molecule has 5 rings (SSSR count). The first-order chi connectivity index (χ1) is 20.1. The van der Waals surface area contributed by atoms with Crippen LogP contribution in [0, 0.1) is 19.8 Å². The van der Waals surface area contributed by atoms with Crippen molar-refractivity contribution in [1.29, 1.82) is 0 Å². The summed E-state index contributed by atoms with van der Waals surface area (Å²) in [6, 6.07) is 16.8. The maximum atomic E-state index is 13.5. The molecule has 3 heterocycles. The van der Waals surface area contributed by atoms with Gasteiger partial charge in [-0.3, -0.25) is 4.90 Å². The minimum absolute atomic E-state index is 0.00100. The van der Waals surface area contributed by atoms with Crippen LogP contribution in [0.4, 0.5) is 5.95 Å². The molecule has 1 aliphatic heterocycles. The van der Waals surface area contributed by atoms with Crippen LogP contribution in [-0.2, 0) is 29.5 Å². The van der Waals surface area contributed by atoms with Crippen LogP contribution < -0.4 is 9.46 Å². The van der Waals surface area contributed by atoms with Gasteiger partial charge in [0.25, 0.3) is 10.0 Å². The number of nitrogens with zero attached hydrogens (tertiary/aromatic N) is 5. The van der Waals surface area contributed by atoms with E-state index in [2.05, 4.69) is 38.4 Å². The Kier molecular flexibility index (Phi) is 8.84. The van der Waals surface area contributed by atoms with Crippen molar-refractivity contribution in [3.05, 3.63) is 89.0 Å². The highest BCUT2D eigenvalue weighted by Crippen LogP contribution is 2.30. The van der Waals surface area contributed by atoms with E-state index in [9.17, 15) is 8.42 Å². The Labute approximate surface area is 248 Å². The predicted molar refractivity (Wildman–Crippen MR) is 164 cm³/mol. The van der Waals surface area contributed by atoms with Gasteiger partial charge < -0.3 is 4.74 Å². The van der Waals surface area contributed by atoms with Crippen LogP contribution >= 0.6 is 0 Å². The zero-order valence-electron chi connectivity index (χ0n) is 24.8. The number of rotatable bonds is 6. The topological polar surface area (TPSA) is 110 Å². The van der Waals surface area contributed by atoms with Crippen LogP contribution in [0.5, 0.6) is 5.88 Å². The molecule has 4 aromatic rings. The van der Waals surface area contributed by atoms with Crippen molar-refractivity contribution >= 4 is 16.0 Å². The fourth-order valence-electron chi connectivity index (χ4n) is 5.39. The first-order valence-corrected chi connectivity index (χ1v) is 15.8. The first kappa shape index (κ1) is 29.6. The number of nitrogens with one attached hydrogen (secondary N) is 1. The third-order valence-electron chi connectivity index (χ3n) is 7.39. The molecule has 0 aliphatic carbocycles. The Morgan fingerprint density at radius 1 is 1.02 bits per heavy atom. The highest BCUT2D eigenvalue weighted by atomic mass is 32.2. The molecular formula is C32H38N6O3S. The number of hydrogen-bond donors (Lipinski definition) is 1. The Hall–Kier alpha value is -3.89. The molecular weight excluding hydrogens is 548 g/mol. The normalized spacial score (nSPS) is 17.0. The van der Waals surface area contributed by atoms with Crippen molar-refractivity contribution in [3.8, 4) is 17.1 Å². The summed E-state index contributed by atoms with van der Waals surface area (Å²) in [4.78, 5) is 20.7. The second kappa shape index (κ2) is 12.5. The van der Waals surface area contributed by atoms with E-state index >= 15 is 0 Å². The average Bonchev–Trinajstić information content (AvgIpc) is 2.94. The second-order valence-electron chi connectivity index (χ2n) is 11.3. The Morgan fingerprint density at radius 2 is 1.79 bits per heavy atom. The summed E-state index contributed by atoms with van der Waals surface area (Å²) in [6.07, 6.45) is 3.41. The third kappa shape index (κ3) is 6.94. The first-order valence-electron chi connectivity index (χ1n) is 14.4. The molecule has 1 aliphatic rings. The summed E-state index contributed by atoms with van der Waals surface area (Å²) in [5.74, 6) is 1.48. The van der Waals surface area contributed by atoms with Crippen LogP contribution in [0.2, 0.25) is 0 Å². The minimum atomic E-state index is -3.97. The third-order valence-corrected chi connectivity index (χ3v) is 8.71. The van der Waals surface area contributed by atoms with Crippen molar-refractivity contribution in [2.75, 3.05) is 11.3 Å². The van der Waals surface area contributed by atoms with E-state index in [4.69, 9.17) is 9.72 Å². The van der Waals surface area contributed by atoms with Crippen LogP contribution in [0.3, 0.4) is 0 Å². The molecule has 220 valence electrons. The van der Waals surface area contributed by atoms with Gasteiger partial charge in [0.2, 0.25) is 11.8 Å². The number of ether oxygens (including phenoxy) is 1. The van der Waals surface area contributed by atoms with Crippen LogP contribution in [0.25, 0.3) is 11.3 Å². The van der Waals surface area contributed by atoms with E-state index in [0.29, 0.717) is 37.2 Å². The van der Waals surface area contributed by atoms with Crippen molar-refractivity contribution in [1.82, 2.24) is 24.8 Å². The van der Waals surface area contributed by atoms with E-state index in [0.717, 1.165) is 46.6 Å². The molecule has 4 bridgehead atoms. The van der Waals surface area contributed by atoms with Crippen LogP contribution in [0.15, 0.2) is 65.7 Å². The van der Waals surface area contributed by atoms with Gasteiger partial charge in [-0.25, -0.2) is 28.1 Å². The van der Waals surface area contributed by atoms with E-state index in [1.54, 1.807) is 30.5 Å². The zero-order valence-corrected chi connectivity index (χ0v) is 25.6. The fraction of sp³-hybridized carbons (Fsp3) is 0.375. The lowest BCUT2D eigenvalue weighted by atomic mass is 10.00. The highest BCUT2D eigenvalue weighted by molar-refractivity contribution is 7.92. The molecule has 0 radical (unpaired) electrons. The maximum absolute atomic E-state index is 13.5. The van der Waals surface area contributed by atoms with Gasteiger partial charge in [-0.05, 0) is 61.1 Å². The van der Waals surface area contributed by atoms with Gasteiger partial charge >= 0.3 is 0 Å². The summed E-state index contributed by atoms with van der Waals surface area (Å²) >= 11 is 0. The van der Waals surface area contributed by atoms with Gasteiger partial charge in [0.1, 0.15) is 12.4 Å². The summed E-state index contributed by atoms with van der Waals surface area (Å²) in [5, 5.41) is 0. The van der Waals surface area contributed by atoms with Crippen molar-refractivity contribution in [2.24, 2.45) is 5.92 Å². The molecule has 42 heavy (non-hydrogen) atoms. The highest BCUT2D eigenvalue weighted by Gasteiger charge is 2.25. The predicted octanol–water partition coefficient (Wildman–Crippen LogP) is 5.72. The smallest absolute Gasteiger partial charge is 0.264 e. The number of anilines is 1. The van der Waals surface area contributed by atoms with E-state index < -0.39 is 10.0 Å². The van der Waals surface area contributed by atoms with Gasteiger partial charge in [-0.15, -0.1) is 0 Å². The zero-order chi connectivity index (χ0) is 29.9. The summed E-state index contributed by atoms with van der Waals surface area (Å²) < 4.78 is 36.1. The van der Waals surface area contributed by atoms with Crippen molar-refractivity contribution in [2.45, 2.75) is 71.5 Å². The molecule has 2 aromatic carbocycles. The maximum Gasteiger partial charge on any atom is 0.264 e. The molecule has 1 N–H and O–H groups in total. The summed E-state index contributed by atoms with van der Waals surface area (Å²) in [7, 11) is -3.97. The molecule has 0 spiro atoms. The van der Waals surface area contributed by atoms with E-state index in [1.165, 1.54) is 0 Å². The fourth-order valence-corrected chi connectivity index (χ4v) is 6.40. The monoisotopic (exact) mass is 586 g/mol. The average molecular weight is 587 g/mol. The van der Waals surface area contributed by atoms with Gasteiger partial charge in [0, 0.05) is 43.4 Å². The van der Waals surface area contributed by atoms with Gasteiger partial charge in [0.05, 0.1) is 16.3 Å². The Morgan fingerprint density at radius 3 is 2.52 bits per heavy atom. The lowest BCUT2D eigenvalue weighted by Gasteiger charge is -2.32. The van der Waals surface area contributed by atoms with Gasteiger partial charge in [0.15, 0.2) is 0 Å². The SMILES string of the molecule is CCc1nccc(CN2Cc3cccc(c3)S(=O)(=O)Nc3nc(cc(-c4c(C)cccc4C)n3)OC[C@H]2CC(C)C)n1.